The lowest BCUT2D eigenvalue weighted by atomic mass is 10.2. The summed E-state index contributed by atoms with van der Waals surface area (Å²) in [6.07, 6.45) is 2.24. The smallest absolute Gasteiger partial charge is 0.288 e. The molecule has 0 aliphatic heterocycles. The molecule has 3 N–H and O–H groups in total. The molecule has 0 spiro atoms. The third-order valence-corrected chi connectivity index (χ3v) is 2.30. The third-order valence-electron chi connectivity index (χ3n) is 2.30. The molecule has 98 valence electrons. The molecular formula is C9H9N7O3. The van der Waals surface area contributed by atoms with Crippen LogP contribution in [0.1, 0.15) is 10.4 Å². The number of anilines is 2. The van der Waals surface area contributed by atoms with Crippen molar-refractivity contribution >= 4 is 23.4 Å². The van der Waals surface area contributed by atoms with Gasteiger partial charge in [-0.15, -0.1) is 0 Å². The number of carbonyl (C=O) groups excluding carboxylic acids is 1. The van der Waals surface area contributed by atoms with Crippen LogP contribution >= 0.6 is 0 Å². The van der Waals surface area contributed by atoms with Crippen LogP contribution in [0.3, 0.4) is 0 Å². The van der Waals surface area contributed by atoms with Gasteiger partial charge in [-0.3, -0.25) is 20.2 Å². The van der Waals surface area contributed by atoms with E-state index in [4.69, 9.17) is 5.73 Å². The summed E-state index contributed by atoms with van der Waals surface area (Å²) in [5.74, 6) is -0.564. The van der Waals surface area contributed by atoms with E-state index in [0.29, 0.717) is 0 Å². The molecule has 0 bridgehead atoms. The quantitative estimate of drug-likeness (QED) is 0.583. The second-order valence-electron chi connectivity index (χ2n) is 3.54. The number of pyridine rings is 1. The van der Waals surface area contributed by atoms with E-state index < -0.39 is 10.8 Å². The highest BCUT2D eigenvalue weighted by Gasteiger charge is 2.17. The van der Waals surface area contributed by atoms with Gasteiger partial charge in [-0.1, -0.05) is 0 Å². The van der Waals surface area contributed by atoms with Crippen molar-refractivity contribution in [2.24, 2.45) is 7.05 Å². The van der Waals surface area contributed by atoms with Crippen molar-refractivity contribution in [2.45, 2.75) is 0 Å². The van der Waals surface area contributed by atoms with E-state index in [9.17, 15) is 14.9 Å². The molecule has 0 fully saturated rings. The number of rotatable bonds is 3. The van der Waals surface area contributed by atoms with Gasteiger partial charge in [0.1, 0.15) is 18.3 Å². The Morgan fingerprint density at radius 3 is 2.84 bits per heavy atom. The van der Waals surface area contributed by atoms with Gasteiger partial charge in [-0.25, -0.2) is 9.67 Å². The fraction of sp³-hybridized carbons (Fsp3) is 0.111. The Morgan fingerprint density at radius 1 is 1.53 bits per heavy atom. The lowest BCUT2D eigenvalue weighted by molar-refractivity contribution is -0.385. The molecule has 0 aliphatic rings. The summed E-state index contributed by atoms with van der Waals surface area (Å²) in [5.41, 5.74) is 5.10. The normalized spacial score (nSPS) is 10.2. The Hall–Kier alpha value is -3.04. The van der Waals surface area contributed by atoms with Gasteiger partial charge < -0.3 is 5.73 Å². The fourth-order valence-corrected chi connectivity index (χ4v) is 1.32. The van der Waals surface area contributed by atoms with Crippen LogP contribution in [0.5, 0.6) is 0 Å². The van der Waals surface area contributed by atoms with Crippen LogP contribution in [0.2, 0.25) is 0 Å². The number of nitrogen functional groups attached to an aromatic ring is 1. The molecule has 2 rings (SSSR count). The lowest BCUT2D eigenvalue weighted by Gasteiger charge is -2.05. The van der Waals surface area contributed by atoms with Crippen LogP contribution in [0, 0.1) is 10.1 Å². The number of amides is 1. The molecule has 0 radical (unpaired) electrons. The van der Waals surface area contributed by atoms with Gasteiger partial charge in [0.05, 0.1) is 10.5 Å². The molecule has 0 aliphatic carbocycles. The molecule has 10 nitrogen and oxygen atoms in total. The number of nitrogens with one attached hydrogen (secondary N) is 1. The van der Waals surface area contributed by atoms with E-state index in [1.165, 1.54) is 11.0 Å². The summed E-state index contributed by atoms with van der Waals surface area (Å²) in [7, 11) is 1.58. The number of hydrogen-bond donors (Lipinski definition) is 2. The molecule has 2 heterocycles. The minimum absolute atomic E-state index is 0.0998. The van der Waals surface area contributed by atoms with E-state index in [1.54, 1.807) is 7.05 Å². The first kappa shape index (κ1) is 12.4. The Labute approximate surface area is 106 Å². The minimum atomic E-state index is -0.661. The molecule has 1 amide bonds. The molecule has 0 unspecified atom stereocenters. The maximum Gasteiger partial charge on any atom is 0.288 e. The maximum atomic E-state index is 11.9. The predicted octanol–water partition coefficient (Wildman–Crippen LogP) is -0.0472. The average molecular weight is 263 g/mol. The van der Waals surface area contributed by atoms with Gasteiger partial charge in [-0.2, -0.15) is 10.1 Å². The molecule has 2 aromatic heterocycles. The fourth-order valence-electron chi connectivity index (χ4n) is 1.32. The van der Waals surface area contributed by atoms with Crippen molar-refractivity contribution < 1.29 is 9.72 Å². The van der Waals surface area contributed by atoms with E-state index in [0.717, 1.165) is 12.3 Å². The minimum Gasteiger partial charge on any atom is -0.383 e. The van der Waals surface area contributed by atoms with E-state index in [-0.39, 0.29) is 23.0 Å². The number of nitrogens with zero attached hydrogens (tertiary/aromatic N) is 5. The van der Waals surface area contributed by atoms with Crippen molar-refractivity contribution in [3.63, 3.8) is 0 Å². The summed E-state index contributed by atoms with van der Waals surface area (Å²) >= 11 is 0. The van der Waals surface area contributed by atoms with Crippen LogP contribution in [0.4, 0.5) is 17.5 Å². The standard InChI is InChI=1S/C9H9N7O3/c1-15-9(12-4-13-15)14-8(17)6-2-5(16(18)19)3-11-7(6)10/h2-4H,1H3,(H2,10,11)(H,12,13,14,17). The molecule has 10 heteroatoms. The number of nitrogens with two attached hydrogens (primary N) is 1. The van der Waals surface area contributed by atoms with Crippen molar-refractivity contribution in [3.8, 4) is 0 Å². The molecule has 0 saturated carbocycles. The zero-order chi connectivity index (χ0) is 14.0. The first-order valence-electron chi connectivity index (χ1n) is 5.04. The average Bonchev–Trinajstić information content (AvgIpc) is 2.75. The SMILES string of the molecule is Cn1ncnc1NC(=O)c1cc([N+](=O)[O-])cnc1N. The Balaban J connectivity index is 2.31. The number of carbonyl (C=O) groups is 1. The second kappa shape index (κ2) is 4.68. The lowest BCUT2D eigenvalue weighted by Crippen LogP contribution is -2.17. The van der Waals surface area contributed by atoms with Crippen molar-refractivity contribution in [3.05, 3.63) is 34.3 Å². The topological polar surface area (TPSA) is 142 Å². The highest BCUT2D eigenvalue weighted by atomic mass is 16.6. The van der Waals surface area contributed by atoms with E-state index >= 15 is 0 Å². The molecule has 2 aromatic rings. The third kappa shape index (κ3) is 2.46. The number of aryl methyl sites for hydroxylation is 1. The van der Waals surface area contributed by atoms with Crippen LogP contribution in [0.15, 0.2) is 18.6 Å². The highest BCUT2D eigenvalue weighted by Crippen LogP contribution is 2.17. The number of aromatic nitrogens is 4. The summed E-state index contributed by atoms with van der Waals surface area (Å²) in [5, 5.41) is 16.8. The van der Waals surface area contributed by atoms with Gasteiger partial charge in [0.15, 0.2) is 0 Å². The number of nitro groups is 1. The highest BCUT2D eigenvalue weighted by molar-refractivity contribution is 6.06. The van der Waals surface area contributed by atoms with Gasteiger partial charge in [0.2, 0.25) is 5.95 Å². The van der Waals surface area contributed by atoms with Gasteiger partial charge >= 0.3 is 0 Å². The summed E-state index contributed by atoms with van der Waals surface area (Å²) in [6, 6.07) is 1.05. The first-order chi connectivity index (χ1) is 8.99. The Bertz CT molecular complexity index is 651. The van der Waals surface area contributed by atoms with Crippen LogP contribution in [-0.2, 0) is 7.05 Å². The molecule has 0 atom stereocenters. The van der Waals surface area contributed by atoms with Gasteiger partial charge in [0.25, 0.3) is 11.6 Å². The van der Waals surface area contributed by atoms with Crippen LogP contribution in [-0.4, -0.2) is 30.6 Å². The van der Waals surface area contributed by atoms with Crippen LogP contribution < -0.4 is 11.1 Å². The van der Waals surface area contributed by atoms with Gasteiger partial charge in [-0.05, 0) is 0 Å². The van der Waals surface area contributed by atoms with Crippen molar-refractivity contribution in [1.29, 1.82) is 0 Å². The van der Waals surface area contributed by atoms with Crippen molar-refractivity contribution in [1.82, 2.24) is 19.7 Å². The van der Waals surface area contributed by atoms with E-state index in [1.807, 2.05) is 0 Å². The molecular weight excluding hydrogens is 254 g/mol. The van der Waals surface area contributed by atoms with Gasteiger partial charge in [0, 0.05) is 13.1 Å². The number of hydrogen-bond acceptors (Lipinski definition) is 7. The summed E-state index contributed by atoms with van der Waals surface area (Å²) in [6.45, 7) is 0. The molecule has 19 heavy (non-hydrogen) atoms. The summed E-state index contributed by atoms with van der Waals surface area (Å²) in [4.78, 5) is 29.3. The Morgan fingerprint density at radius 2 is 2.26 bits per heavy atom. The summed E-state index contributed by atoms with van der Waals surface area (Å²) < 4.78 is 1.33. The van der Waals surface area contributed by atoms with Crippen molar-refractivity contribution in [2.75, 3.05) is 11.1 Å². The zero-order valence-corrected chi connectivity index (χ0v) is 9.77. The molecule has 0 saturated heterocycles. The monoisotopic (exact) mass is 263 g/mol. The largest absolute Gasteiger partial charge is 0.383 e. The zero-order valence-electron chi connectivity index (χ0n) is 9.77. The van der Waals surface area contributed by atoms with Crippen LogP contribution in [0.25, 0.3) is 0 Å². The first-order valence-corrected chi connectivity index (χ1v) is 5.04. The molecule has 0 aromatic carbocycles. The van der Waals surface area contributed by atoms with E-state index in [2.05, 4.69) is 20.4 Å². The predicted molar refractivity (Wildman–Crippen MR) is 64.3 cm³/mol. The Kier molecular flexibility index (Phi) is 3.06. The maximum absolute atomic E-state index is 11.9. The second-order valence-corrected chi connectivity index (χ2v) is 3.54.